The Morgan fingerprint density at radius 3 is 2.83 bits per heavy atom. The van der Waals surface area contributed by atoms with Crippen LogP contribution in [0, 0.1) is 5.92 Å². The van der Waals surface area contributed by atoms with Crippen molar-refractivity contribution in [1.29, 1.82) is 0 Å². The lowest BCUT2D eigenvalue weighted by molar-refractivity contribution is -0.146. The number of hydrogen-bond donors (Lipinski definition) is 0. The summed E-state index contributed by atoms with van der Waals surface area (Å²) in [6, 6.07) is 0.0132. The van der Waals surface area contributed by atoms with Crippen molar-refractivity contribution in [3.63, 3.8) is 0 Å². The molecule has 0 N–H and O–H groups in total. The van der Waals surface area contributed by atoms with Crippen LogP contribution in [0.3, 0.4) is 0 Å². The maximum atomic E-state index is 12.4. The van der Waals surface area contributed by atoms with E-state index in [2.05, 4.69) is 0 Å². The summed E-state index contributed by atoms with van der Waals surface area (Å²) in [6.45, 7) is 1.96. The Morgan fingerprint density at radius 1 is 1.33 bits per heavy atom. The second-order valence-electron chi connectivity index (χ2n) is 5.02. The molecular formula is C13H21NO4. The van der Waals surface area contributed by atoms with Gasteiger partial charge in [0, 0.05) is 19.2 Å². The average molecular weight is 255 g/mol. The minimum atomic E-state index is -0.234. The minimum absolute atomic E-state index is 0.0109. The van der Waals surface area contributed by atoms with E-state index < -0.39 is 0 Å². The molecule has 2 aliphatic rings. The molecular weight excluding hydrogens is 234 g/mol. The van der Waals surface area contributed by atoms with Crippen LogP contribution in [0.1, 0.15) is 32.1 Å². The van der Waals surface area contributed by atoms with Gasteiger partial charge < -0.3 is 14.4 Å². The molecule has 0 aliphatic carbocycles. The zero-order valence-corrected chi connectivity index (χ0v) is 10.9. The van der Waals surface area contributed by atoms with E-state index in [-0.39, 0.29) is 23.8 Å². The van der Waals surface area contributed by atoms with Gasteiger partial charge in [-0.3, -0.25) is 9.59 Å². The Morgan fingerprint density at radius 2 is 2.17 bits per heavy atom. The molecule has 5 heteroatoms. The van der Waals surface area contributed by atoms with Crippen LogP contribution in [-0.4, -0.2) is 49.7 Å². The second kappa shape index (κ2) is 6.18. The van der Waals surface area contributed by atoms with Crippen LogP contribution in [-0.2, 0) is 19.1 Å². The number of amides is 1. The van der Waals surface area contributed by atoms with Gasteiger partial charge >= 0.3 is 5.97 Å². The summed E-state index contributed by atoms with van der Waals surface area (Å²) >= 11 is 0. The van der Waals surface area contributed by atoms with E-state index in [0.717, 1.165) is 32.2 Å². The minimum Gasteiger partial charge on any atom is -0.469 e. The number of piperidine rings is 1. The van der Waals surface area contributed by atoms with Crippen LogP contribution in [0.25, 0.3) is 0 Å². The standard InChI is InChI=1S/C13H21NO4/c1-17-12(15)8-11-4-2-3-6-14(11)13(16)10-5-7-18-9-10/h10-11H,2-9H2,1H3. The molecule has 0 spiro atoms. The molecule has 0 radical (unpaired) electrons. The lowest BCUT2D eigenvalue weighted by atomic mass is 9.96. The van der Waals surface area contributed by atoms with Crippen molar-refractivity contribution in [3.8, 4) is 0 Å². The summed E-state index contributed by atoms with van der Waals surface area (Å²) < 4.78 is 9.97. The normalized spacial score (nSPS) is 28.2. The Labute approximate surface area is 107 Å². The summed E-state index contributed by atoms with van der Waals surface area (Å²) in [6.07, 6.45) is 4.12. The third-order valence-electron chi connectivity index (χ3n) is 3.82. The number of hydrogen-bond acceptors (Lipinski definition) is 4. The fourth-order valence-electron chi connectivity index (χ4n) is 2.74. The molecule has 2 heterocycles. The molecule has 2 rings (SSSR count). The zero-order chi connectivity index (χ0) is 13.0. The van der Waals surface area contributed by atoms with E-state index in [1.807, 2.05) is 4.90 Å². The monoisotopic (exact) mass is 255 g/mol. The molecule has 1 amide bonds. The number of likely N-dealkylation sites (tertiary alicyclic amines) is 1. The van der Waals surface area contributed by atoms with Crippen molar-refractivity contribution in [2.75, 3.05) is 26.9 Å². The summed E-state index contributed by atoms with van der Waals surface area (Å²) in [5.74, 6) is -0.0910. The zero-order valence-electron chi connectivity index (χ0n) is 10.9. The molecule has 2 atom stereocenters. The molecule has 18 heavy (non-hydrogen) atoms. The molecule has 0 saturated carbocycles. The maximum absolute atomic E-state index is 12.4. The summed E-state index contributed by atoms with van der Waals surface area (Å²) in [5.41, 5.74) is 0. The number of methoxy groups -OCH3 is 1. The third kappa shape index (κ3) is 3.02. The molecule has 2 aliphatic heterocycles. The average Bonchev–Trinajstić information content (AvgIpc) is 2.92. The van der Waals surface area contributed by atoms with E-state index in [1.54, 1.807) is 0 Å². The number of nitrogens with zero attached hydrogens (tertiary/aromatic N) is 1. The highest BCUT2D eigenvalue weighted by molar-refractivity contribution is 5.80. The van der Waals surface area contributed by atoms with Crippen LogP contribution >= 0.6 is 0 Å². The molecule has 2 fully saturated rings. The summed E-state index contributed by atoms with van der Waals surface area (Å²) in [5, 5.41) is 0. The van der Waals surface area contributed by atoms with E-state index in [9.17, 15) is 9.59 Å². The molecule has 102 valence electrons. The van der Waals surface area contributed by atoms with Crippen LogP contribution in [0.2, 0.25) is 0 Å². The van der Waals surface area contributed by atoms with Gasteiger partial charge in [0.2, 0.25) is 5.91 Å². The lowest BCUT2D eigenvalue weighted by Crippen LogP contribution is -2.47. The van der Waals surface area contributed by atoms with Gasteiger partial charge in [0.1, 0.15) is 0 Å². The maximum Gasteiger partial charge on any atom is 0.307 e. The fraction of sp³-hybridized carbons (Fsp3) is 0.846. The van der Waals surface area contributed by atoms with Gasteiger partial charge in [-0.25, -0.2) is 0 Å². The Bertz CT molecular complexity index is 312. The van der Waals surface area contributed by atoms with Gasteiger partial charge in [-0.2, -0.15) is 0 Å². The summed E-state index contributed by atoms with van der Waals surface area (Å²) in [7, 11) is 1.39. The first-order valence-corrected chi connectivity index (χ1v) is 6.67. The number of carbonyl (C=O) groups excluding carboxylic acids is 2. The van der Waals surface area contributed by atoms with Crippen LogP contribution in [0.5, 0.6) is 0 Å². The van der Waals surface area contributed by atoms with Gasteiger partial charge in [0.15, 0.2) is 0 Å². The van der Waals surface area contributed by atoms with E-state index in [0.29, 0.717) is 19.6 Å². The highest BCUT2D eigenvalue weighted by atomic mass is 16.5. The van der Waals surface area contributed by atoms with Crippen LogP contribution in [0.15, 0.2) is 0 Å². The Balaban J connectivity index is 1.97. The molecule has 0 bridgehead atoms. The molecule has 0 aromatic heterocycles. The van der Waals surface area contributed by atoms with Crippen molar-refractivity contribution < 1.29 is 19.1 Å². The van der Waals surface area contributed by atoms with Gasteiger partial charge in [-0.1, -0.05) is 0 Å². The topological polar surface area (TPSA) is 55.8 Å². The van der Waals surface area contributed by atoms with Crippen LogP contribution in [0.4, 0.5) is 0 Å². The smallest absolute Gasteiger partial charge is 0.307 e. The Hall–Kier alpha value is -1.10. The van der Waals surface area contributed by atoms with Gasteiger partial charge in [0.25, 0.3) is 0 Å². The van der Waals surface area contributed by atoms with Crippen molar-refractivity contribution in [3.05, 3.63) is 0 Å². The predicted molar refractivity (Wildman–Crippen MR) is 64.9 cm³/mol. The van der Waals surface area contributed by atoms with Crippen molar-refractivity contribution >= 4 is 11.9 Å². The van der Waals surface area contributed by atoms with Crippen molar-refractivity contribution in [1.82, 2.24) is 4.90 Å². The molecule has 2 unspecified atom stereocenters. The highest BCUT2D eigenvalue weighted by Crippen LogP contribution is 2.24. The first-order chi connectivity index (χ1) is 8.72. The first kappa shape index (κ1) is 13.3. The van der Waals surface area contributed by atoms with Gasteiger partial charge in [0.05, 0.1) is 26.1 Å². The van der Waals surface area contributed by atoms with E-state index in [1.165, 1.54) is 7.11 Å². The van der Waals surface area contributed by atoms with Crippen molar-refractivity contribution in [2.24, 2.45) is 5.92 Å². The molecule has 2 saturated heterocycles. The van der Waals surface area contributed by atoms with Crippen LogP contribution < -0.4 is 0 Å². The number of esters is 1. The largest absolute Gasteiger partial charge is 0.469 e. The number of carbonyl (C=O) groups is 2. The highest BCUT2D eigenvalue weighted by Gasteiger charge is 2.34. The third-order valence-corrected chi connectivity index (χ3v) is 3.82. The first-order valence-electron chi connectivity index (χ1n) is 6.67. The number of ether oxygens (including phenoxy) is 2. The van der Waals surface area contributed by atoms with E-state index >= 15 is 0 Å². The summed E-state index contributed by atoms with van der Waals surface area (Å²) in [4.78, 5) is 25.6. The molecule has 0 aromatic rings. The Kier molecular flexibility index (Phi) is 4.58. The van der Waals surface area contributed by atoms with E-state index in [4.69, 9.17) is 9.47 Å². The molecule has 5 nitrogen and oxygen atoms in total. The fourth-order valence-corrected chi connectivity index (χ4v) is 2.74. The van der Waals surface area contributed by atoms with Gasteiger partial charge in [-0.05, 0) is 25.7 Å². The van der Waals surface area contributed by atoms with Crippen molar-refractivity contribution in [2.45, 2.75) is 38.1 Å². The number of rotatable bonds is 3. The SMILES string of the molecule is COC(=O)CC1CCCCN1C(=O)C1CCOC1. The molecule has 0 aromatic carbocycles. The second-order valence-corrected chi connectivity index (χ2v) is 5.02. The lowest BCUT2D eigenvalue weighted by Gasteiger charge is -2.36. The quantitative estimate of drug-likeness (QED) is 0.705. The predicted octanol–water partition coefficient (Wildman–Crippen LogP) is 0.967. The van der Waals surface area contributed by atoms with Gasteiger partial charge in [-0.15, -0.1) is 0 Å².